The second-order valence-corrected chi connectivity index (χ2v) is 6.81. The Kier molecular flexibility index (Phi) is 5.23. The van der Waals surface area contributed by atoms with E-state index in [0.717, 1.165) is 25.2 Å². The van der Waals surface area contributed by atoms with Gasteiger partial charge in [0.15, 0.2) is 0 Å². The van der Waals surface area contributed by atoms with Gasteiger partial charge >= 0.3 is 0 Å². The normalized spacial score (nSPS) is 21.7. The van der Waals surface area contributed by atoms with E-state index < -0.39 is 0 Å². The summed E-state index contributed by atoms with van der Waals surface area (Å²) in [7, 11) is 0. The number of benzene rings is 1. The molecule has 0 amide bonds. The maximum atomic E-state index is 9.08. The Hall–Kier alpha value is -1.55. The highest BCUT2D eigenvalue weighted by Gasteiger charge is 2.26. The number of nitrogens with zero attached hydrogens (tertiary/aromatic N) is 2. The summed E-state index contributed by atoms with van der Waals surface area (Å²) < 4.78 is 0. The first kappa shape index (κ1) is 15.8. The maximum Gasteiger partial charge on any atom is 0.147 e. The van der Waals surface area contributed by atoms with Crippen LogP contribution in [0.5, 0.6) is 0 Å². The van der Waals surface area contributed by atoms with Crippen LogP contribution in [0.2, 0.25) is 0 Å². The average Bonchev–Trinajstić information content (AvgIpc) is 2.66. The molecule has 1 heterocycles. The second kappa shape index (κ2) is 6.94. The van der Waals surface area contributed by atoms with Crippen LogP contribution in [-0.4, -0.2) is 35.6 Å². The van der Waals surface area contributed by atoms with Crippen LogP contribution in [0.15, 0.2) is 35.5 Å². The van der Waals surface area contributed by atoms with Gasteiger partial charge < -0.3 is 15.8 Å². The fourth-order valence-corrected chi connectivity index (χ4v) is 3.04. The molecule has 0 aliphatic carbocycles. The van der Waals surface area contributed by atoms with Gasteiger partial charge in [-0.15, -0.1) is 0 Å². The van der Waals surface area contributed by atoms with E-state index in [1.165, 1.54) is 19.3 Å². The first-order valence-corrected chi connectivity index (χ1v) is 7.76. The van der Waals surface area contributed by atoms with Crippen molar-refractivity contribution in [3.05, 3.63) is 35.9 Å². The molecule has 4 nitrogen and oxygen atoms in total. The van der Waals surface area contributed by atoms with Crippen molar-refractivity contribution in [3.8, 4) is 0 Å². The molecule has 1 fully saturated rings. The van der Waals surface area contributed by atoms with Gasteiger partial charge in [-0.1, -0.05) is 49.3 Å². The predicted octanol–water partition coefficient (Wildman–Crippen LogP) is 3.03. The van der Waals surface area contributed by atoms with Crippen LogP contribution in [-0.2, 0) is 0 Å². The number of nitrogens with two attached hydrogens (primary N) is 1. The lowest BCUT2D eigenvalue weighted by Crippen LogP contribution is -2.36. The fraction of sp³-hybridized carbons (Fsp3) is 0.588. The van der Waals surface area contributed by atoms with Gasteiger partial charge in [-0.2, -0.15) is 0 Å². The zero-order valence-electron chi connectivity index (χ0n) is 13.1. The van der Waals surface area contributed by atoms with Gasteiger partial charge in [0, 0.05) is 6.54 Å². The molecule has 0 saturated carbocycles. The number of rotatable bonds is 4. The van der Waals surface area contributed by atoms with Gasteiger partial charge in [-0.25, -0.2) is 0 Å². The Bertz CT molecular complexity index is 470. The third-order valence-electron chi connectivity index (χ3n) is 4.55. The molecule has 21 heavy (non-hydrogen) atoms. The minimum atomic E-state index is -0.0441. The van der Waals surface area contributed by atoms with Crippen molar-refractivity contribution in [1.29, 1.82) is 0 Å². The van der Waals surface area contributed by atoms with E-state index in [1.54, 1.807) is 0 Å². The molecule has 1 aliphatic heterocycles. The van der Waals surface area contributed by atoms with Crippen LogP contribution < -0.4 is 5.73 Å². The van der Waals surface area contributed by atoms with E-state index in [9.17, 15) is 0 Å². The fourth-order valence-electron chi connectivity index (χ4n) is 3.04. The number of hydrogen-bond acceptors (Lipinski definition) is 3. The quantitative estimate of drug-likeness (QED) is 0.387. The van der Waals surface area contributed by atoms with Crippen LogP contribution in [0, 0.1) is 5.41 Å². The van der Waals surface area contributed by atoms with Crippen molar-refractivity contribution in [3.63, 3.8) is 0 Å². The molecule has 1 saturated heterocycles. The van der Waals surface area contributed by atoms with Crippen LogP contribution in [0.3, 0.4) is 0 Å². The molecule has 0 bridgehead atoms. The topological polar surface area (TPSA) is 61.8 Å². The maximum absolute atomic E-state index is 9.08. The van der Waals surface area contributed by atoms with Crippen LogP contribution >= 0.6 is 0 Å². The molecule has 0 spiro atoms. The van der Waals surface area contributed by atoms with E-state index in [4.69, 9.17) is 10.9 Å². The SMILES string of the molecule is CC1(C)CCCN(CC(C(N)=NO)c2ccccc2)CC1. The summed E-state index contributed by atoms with van der Waals surface area (Å²) in [6.45, 7) is 7.67. The van der Waals surface area contributed by atoms with E-state index >= 15 is 0 Å². The van der Waals surface area contributed by atoms with E-state index in [0.29, 0.717) is 11.3 Å². The first-order valence-electron chi connectivity index (χ1n) is 7.76. The summed E-state index contributed by atoms with van der Waals surface area (Å²) in [4.78, 5) is 2.45. The van der Waals surface area contributed by atoms with Crippen molar-refractivity contribution in [2.45, 2.75) is 39.0 Å². The van der Waals surface area contributed by atoms with Crippen molar-refractivity contribution < 1.29 is 5.21 Å². The summed E-state index contributed by atoms with van der Waals surface area (Å²) in [5.41, 5.74) is 7.46. The second-order valence-electron chi connectivity index (χ2n) is 6.81. The summed E-state index contributed by atoms with van der Waals surface area (Å²) in [6.07, 6.45) is 3.68. The van der Waals surface area contributed by atoms with E-state index in [2.05, 4.69) is 23.9 Å². The molecular formula is C17H27N3O. The zero-order chi connectivity index (χ0) is 15.3. The highest BCUT2D eigenvalue weighted by Crippen LogP contribution is 2.30. The standard InChI is InChI=1S/C17H27N3O/c1-17(2)9-6-11-20(12-10-17)13-15(16(18)19-21)14-7-4-3-5-8-14/h3-5,7-8,15,21H,6,9-13H2,1-2H3,(H2,18,19). The summed E-state index contributed by atoms with van der Waals surface area (Å²) >= 11 is 0. The van der Waals surface area contributed by atoms with Gasteiger partial charge in [0.05, 0.1) is 5.92 Å². The third kappa shape index (κ3) is 4.46. The molecule has 116 valence electrons. The molecule has 1 aromatic rings. The lowest BCUT2D eigenvalue weighted by Gasteiger charge is -2.27. The van der Waals surface area contributed by atoms with Crippen molar-refractivity contribution >= 4 is 5.84 Å². The molecular weight excluding hydrogens is 262 g/mol. The van der Waals surface area contributed by atoms with Crippen molar-refractivity contribution in [2.75, 3.05) is 19.6 Å². The predicted molar refractivity (Wildman–Crippen MR) is 86.7 cm³/mol. The minimum Gasteiger partial charge on any atom is -0.409 e. The van der Waals surface area contributed by atoms with Gasteiger partial charge in [-0.3, -0.25) is 0 Å². The van der Waals surface area contributed by atoms with Crippen LogP contribution in [0.1, 0.15) is 44.6 Å². The lowest BCUT2D eigenvalue weighted by molar-refractivity contribution is 0.257. The van der Waals surface area contributed by atoms with Crippen LogP contribution in [0.4, 0.5) is 0 Å². The third-order valence-corrected chi connectivity index (χ3v) is 4.55. The Morgan fingerprint density at radius 2 is 2.00 bits per heavy atom. The Balaban J connectivity index is 2.09. The zero-order valence-corrected chi connectivity index (χ0v) is 13.1. The monoisotopic (exact) mass is 289 g/mol. The largest absolute Gasteiger partial charge is 0.409 e. The average molecular weight is 289 g/mol. The molecule has 4 heteroatoms. The molecule has 1 atom stereocenters. The molecule has 1 unspecified atom stereocenters. The molecule has 1 aliphatic rings. The number of likely N-dealkylation sites (tertiary alicyclic amines) is 1. The molecule has 3 N–H and O–H groups in total. The number of oxime groups is 1. The minimum absolute atomic E-state index is 0.0441. The van der Waals surface area contributed by atoms with Crippen molar-refractivity contribution in [2.24, 2.45) is 16.3 Å². The van der Waals surface area contributed by atoms with Gasteiger partial charge in [0.2, 0.25) is 0 Å². The first-order chi connectivity index (χ1) is 10.0. The van der Waals surface area contributed by atoms with E-state index in [1.807, 2.05) is 30.3 Å². The van der Waals surface area contributed by atoms with Crippen LogP contribution in [0.25, 0.3) is 0 Å². The Morgan fingerprint density at radius 1 is 1.29 bits per heavy atom. The van der Waals surface area contributed by atoms with Gasteiger partial charge in [-0.05, 0) is 43.3 Å². The molecule has 1 aromatic carbocycles. The Labute approximate surface area is 127 Å². The molecule has 0 radical (unpaired) electrons. The van der Waals surface area contributed by atoms with Gasteiger partial charge in [0.25, 0.3) is 0 Å². The smallest absolute Gasteiger partial charge is 0.147 e. The number of amidine groups is 1. The Morgan fingerprint density at radius 3 is 2.67 bits per heavy atom. The highest BCUT2D eigenvalue weighted by atomic mass is 16.4. The number of hydrogen-bond donors (Lipinski definition) is 2. The highest BCUT2D eigenvalue weighted by molar-refractivity contribution is 5.87. The van der Waals surface area contributed by atoms with Crippen molar-refractivity contribution in [1.82, 2.24) is 4.90 Å². The van der Waals surface area contributed by atoms with E-state index in [-0.39, 0.29) is 5.92 Å². The summed E-state index contributed by atoms with van der Waals surface area (Å²) in [5.74, 6) is 0.252. The lowest BCUT2D eigenvalue weighted by atomic mass is 9.85. The summed E-state index contributed by atoms with van der Waals surface area (Å²) in [5, 5.41) is 12.3. The summed E-state index contributed by atoms with van der Waals surface area (Å²) in [6, 6.07) is 10.1. The molecule has 2 rings (SSSR count). The van der Waals surface area contributed by atoms with Gasteiger partial charge in [0.1, 0.15) is 5.84 Å². The molecule has 0 aromatic heterocycles.